The Morgan fingerprint density at radius 2 is 2.07 bits per heavy atom. The molecule has 1 atom stereocenters. The van der Waals surface area contributed by atoms with Crippen molar-refractivity contribution >= 4 is 17.3 Å². The van der Waals surface area contributed by atoms with Crippen LogP contribution in [0.25, 0.3) is 5.69 Å². The van der Waals surface area contributed by atoms with Crippen LogP contribution in [-0.2, 0) is 6.42 Å². The van der Waals surface area contributed by atoms with Crippen molar-refractivity contribution in [2.24, 2.45) is 0 Å². The molecule has 1 amide bonds. The number of carbonyl (C=O) groups excluding carboxylic acids is 1. The van der Waals surface area contributed by atoms with E-state index >= 15 is 0 Å². The first-order valence-corrected chi connectivity index (χ1v) is 9.75. The molecule has 1 aliphatic heterocycles. The van der Waals surface area contributed by atoms with E-state index in [-0.39, 0.29) is 17.3 Å². The first kappa shape index (κ1) is 19.6. The summed E-state index contributed by atoms with van der Waals surface area (Å²) in [4.78, 5) is 25.5. The number of para-hydroxylation sites is 1. The molecule has 0 fully saturated rings. The molecule has 2 aromatic carbocycles. The predicted octanol–water partition coefficient (Wildman–Crippen LogP) is 2.66. The Morgan fingerprint density at radius 3 is 2.87 bits per heavy atom. The van der Waals surface area contributed by atoms with Crippen molar-refractivity contribution in [3.8, 4) is 5.69 Å². The summed E-state index contributed by atoms with van der Waals surface area (Å²) >= 11 is 0. The lowest BCUT2D eigenvalue weighted by molar-refractivity contribution is -0.384. The molecule has 1 unspecified atom stereocenters. The molecule has 0 spiro atoms. The van der Waals surface area contributed by atoms with Gasteiger partial charge in [0.2, 0.25) is 0 Å². The first-order chi connectivity index (χ1) is 14.5. The smallest absolute Gasteiger partial charge is 0.273 e. The maximum Gasteiger partial charge on any atom is 0.273 e. The van der Waals surface area contributed by atoms with E-state index in [2.05, 4.69) is 39.6 Å². The number of nitro benzene ring substituents is 1. The minimum absolute atomic E-state index is 0.0478. The van der Waals surface area contributed by atoms with Gasteiger partial charge in [0.1, 0.15) is 0 Å². The maximum absolute atomic E-state index is 12.6. The van der Waals surface area contributed by atoms with Crippen LogP contribution in [0.15, 0.2) is 48.5 Å². The Bertz CT molecular complexity index is 1110. The normalized spacial score (nSPS) is 15.1. The third kappa shape index (κ3) is 3.61. The number of benzene rings is 2. The van der Waals surface area contributed by atoms with Gasteiger partial charge in [-0.1, -0.05) is 29.5 Å². The molecule has 1 aromatic heterocycles. The number of aromatic nitrogens is 3. The van der Waals surface area contributed by atoms with E-state index in [0.717, 1.165) is 6.42 Å². The summed E-state index contributed by atoms with van der Waals surface area (Å²) in [6, 6.07) is 14.8. The summed E-state index contributed by atoms with van der Waals surface area (Å²) in [5.74, 6) is -0.315. The quantitative estimate of drug-likeness (QED) is 0.498. The van der Waals surface area contributed by atoms with Crippen molar-refractivity contribution in [1.82, 2.24) is 20.3 Å². The molecule has 0 bridgehead atoms. The highest BCUT2D eigenvalue weighted by molar-refractivity contribution is 5.93. The van der Waals surface area contributed by atoms with Crippen molar-refractivity contribution in [2.75, 3.05) is 18.0 Å². The van der Waals surface area contributed by atoms with Crippen molar-refractivity contribution in [1.29, 1.82) is 0 Å². The Labute approximate surface area is 173 Å². The van der Waals surface area contributed by atoms with Crippen LogP contribution in [0.4, 0.5) is 11.4 Å². The number of hydrogen-bond acceptors (Lipinski definition) is 6. The highest BCUT2D eigenvalue weighted by Crippen LogP contribution is 2.31. The summed E-state index contributed by atoms with van der Waals surface area (Å²) in [7, 11) is 0. The van der Waals surface area contributed by atoms with Gasteiger partial charge in [-0.25, -0.2) is 4.68 Å². The van der Waals surface area contributed by atoms with Crippen LogP contribution in [0.5, 0.6) is 0 Å². The van der Waals surface area contributed by atoms with Crippen molar-refractivity contribution in [2.45, 2.75) is 26.3 Å². The second-order valence-corrected chi connectivity index (χ2v) is 7.34. The topological polar surface area (TPSA) is 106 Å². The SMILES string of the molecule is Cc1c(C(=O)NCCN2c3ccccc3CC2C)nnn1-c1cccc([N+](=O)[O-])c1. The number of amides is 1. The summed E-state index contributed by atoms with van der Waals surface area (Å²) in [6.07, 6.45) is 1.00. The number of hydrogen-bond donors (Lipinski definition) is 1. The lowest BCUT2D eigenvalue weighted by Gasteiger charge is -2.24. The van der Waals surface area contributed by atoms with E-state index in [1.807, 2.05) is 12.1 Å². The predicted molar refractivity (Wildman–Crippen MR) is 112 cm³/mol. The molecule has 0 radical (unpaired) electrons. The Kier molecular flexibility index (Phi) is 5.18. The highest BCUT2D eigenvalue weighted by Gasteiger charge is 2.25. The van der Waals surface area contributed by atoms with Gasteiger partial charge in [0.15, 0.2) is 5.69 Å². The number of carbonyl (C=O) groups is 1. The van der Waals surface area contributed by atoms with Crippen molar-refractivity contribution in [3.05, 3.63) is 75.6 Å². The lowest BCUT2D eigenvalue weighted by Crippen LogP contribution is -2.38. The Balaban J connectivity index is 1.43. The van der Waals surface area contributed by atoms with E-state index in [9.17, 15) is 14.9 Å². The average molecular weight is 406 g/mol. The zero-order valence-corrected chi connectivity index (χ0v) is 16.8. The monoisotopic (exact) mass is 406 g/mol. The van der Waals surface area contributed by atoms with Crippen LogP contribution in [-0.4, -0.2) is 45.0 Å². The molecule has 154 valence electrons. The van der Waals surface area contributed by atoms with Crippen LogP contribution in [0.1, 0.15) is 28.7 Å². The molecule has 0 aliphatic carbocycles. The second-order valence-electron chi connectivity index (χ2n) is 7.34. The number of anilines is 1. The third-order valence-corrected chi connectivity index (χ3v) is 5.38. The number of nitro groups is 1. The molecule has 1 aliphatic rings. The van der Waals surface area contributed by atoms with Gasteiger partial charge in [-0.05, 0) is 38.0 Å². The van der Waals surface area contributed by atoms with Crippen molar-refractivity contribution in [3.63, 3.8) is 0 Å². The summed E-state index contributed by atoms with van der Waals surface area (Å²) in [5, 5.41) is 21.9. The van der Waals surface area contributed by atoms with E-state index in [1.54, 1.807) is 19.1 Å². The van der Waals surface area contributed by atoms with E-state index < -0.39 is 4.92 Å². The number of fused-ring (bicyclic) bond motifs is 1. The molecule has 0 saturated carbocycles. The van der Waals surface area contributed by atoms with Crippen LogP contribution >= 0.6 is 0 Å². The van der Waals surface area contributed by atoms with E-state index in [4.69, 9.17) is 0 Å². The Morgan fingerprint density at radius 1 is 1.27 bits per heavy atom. The van der Waals surface area contributed by atoms with Gasteiger partial charge < -0.3 is 10.2 Å². The van der Waals surface area contributed by atoms with Gasteiger partial charge in [-0.3, -0.25) is 14.9 Å². The van der Waals surface area contributed by atoms with Crippen LogP contribution < -0.4 is 10.2 Å². The molecule has 2 heterocycles. The van der Waals surface area contributed by atoms with Crippen LogP contribution in [0, 0.1) is 17.0 Å². The number of nitrogens with one attached hydrogen (secondary N) is 1. The molecule has 9 heteroatoms. The van der Waals surface area contributed by atoms with Gasteiger partial charge in [0.05, 0.1) is 16.3 Å². The maximum atomic E-state index is 12.6. The largest absolute Gasteiger partial charge is 0.367 e. The van der Waals surface area contributed by atoms with Crippen molar-refractivity contribution < 1.29 is 9.72 Å². The molecular weight excluding hydrogens is 384 g/mol. The standard InChI is InChI=1S/C21H22N6O3/c1-14-12-16-6-3-4-9-19(16)25(14)11-10-22-21(28)20-15(2)26(24-23-20)17-7-5-8-18(13-17)27(29)30/h3-9,13-14H,10-12H2,1-2H3,(H,22,28). The van der Waals surface area contributed by atoms with Crippen LogP contribution in [0.2, 0.25) is 0 Å². The first-order valence-electron chi connectivity index (χ1n) is 9.75. The summed E-state index contributed by atoms with van der Waals surface area (Å²) in [6.45, 7) is 5.06. The molecule has 9 nitrogen and oxygen atoms in total. The highest BCUT2D eigenvalue weighted by atomic mass is 16.6. The fourth-order valence-electron chi connectivity index (χ4n) is 3.87. The fraction of sp³-hybridized carbons (Fsp3) is 0.286. The third-order valence-electron chi connectivity index (χ3n) is 5.38. The summed E-state index contributed by atoms with van der Waals surface area (Å²) in [5.41, 5.74) is 3.70. The van der Waals surface area contributed by atoms with Gasteiger partial charge in [0.25, 0.3) is 11.6 Å². The molecular formula is C21H22N6O3. The molecule has 30 heavy (non-hydrogen) atoms. The zero-order chi connectivity index (χ0) is 21.3. The van der Waals surface area contributed by atoms with Gasteiger partial charge >= 0.3 is 0 Å². The van der Waals surface area contributed by atoms with Gasteiger partial charge in [0, 0.05) is 37.0 Å². The molecule has 4 rings (SSSR count). The second kappa shape index (κ2) is 7.94. The van der Waals surface area contributed by atoms with E-state index in [0.29, 0.717) is 30.5 Å². The van der Waals surface area contributed by atoms with Gasteiger partial charge in [-0.2, -0.15) is 0 Å². The molecule has 3 aromatic rings. The lowest BCUT2D eigenvalue weighted by atomic mass is 10.1. The minimum atomic E-state index is -0.471. The fourth-order valence-corrected chi connectivity index (χ4v) is 3.87. The minimum Gasteiger partial charge on any atom is -0.367 e. The zero-order valence-electron chi connectivity index (χ0n) is 16.8. The number of nitrogens with zero attached hydrogens (tertiary/aromatic N) is 5. The Hall–Kier alpha value is -3.75. The summed E-state index contributed by atoms with van der Waals surface area (Å²) < 4.78 is 1.43. The molecule has 0 saturated heterocycles. The van der Waals surface area contributed by atoms with Crippen LogP contribution in [0.3, 0.4) is 0 Å². The van der Waals surface area contributed by atoms with Gasteiger partial charge in [-0.15, -0.1) is 5.10 Å². The number of non-ortho nitro benzene ring substituents is 1. The van der Waals surface area contributed by atoms with E-state index in [1.165, 1.54) is 28.1 Å². The number of rotatable bonds is 6. The molecule has 1 N–H and O–H groups in total. The average Bonchev–Trinajstić information content (AvgIpc) is 3.27.